The van der Waals surface area contributed by atoms with Gasteiger partial charge in [0.15, 0.2) is 0 Å². The first-order valence-corrected chi connectivity index (χ1v) is 4.76. The van der Waals surface area contributed by atoms with Gasteiger partial charge in [0.1, 0.15) is 5.75 Å². The van der Waals surface area contributed by atoms with Crippen molar-refractivity contribution in [3.63, 3.8) is 0 Å². The van der Waals surface area contributed by atoms with E-state index >= 15 is 0 Å². The van der Waals surface area contributed by atoms with Crippen LogP contribution in [-0.4, -0.2) is 18.3 Å². The molecular weight excluding hydrogens is 178 g/mol. The van der Waals surface area contributed by atoms with Gasteiger partial charge in [-0.05, 0) is 31.5 Å². The van der Waals surface area contributed by atoms with E-state index in [4.69, 9.17) is 10.5 Å². The van der Waals surface area contributed by atoms with E-state index in [-0.39, 0.29) is 6.54 Å². The molecular formula is C11H17NO2. The molecule has 1 aromatic carbocycles. The molecule has 1 aromatic rings. The van der Waals surface area contributed by atoms with Crippen molar-refractivity contribution >= 4 is 0 Å². The lowest BCUT2D eigenvalue weighted by Crippen LogP contribution is -2.31. The normalized spacial score (nSPS) is 14.9. The van der Waals surface area contributed by atoms with Crippen molar-refractivity contribution in [3.8, 4) is 5.75 Å². The summed E-state index contributed by atoms with van der Waals surface area (Å²) in [5, 5.41) is 9.85. The summed E-state index contributed by atoms with van der Waals surface area (Å²) in [6.45, 7) is 4.49. The van der Waals surface area contributed by atoms with Gasteiger partial charge in [-0.25, -0.2) is 0 Å². The van der Waals surface area contributed by atoms with Gasteiger partial charge in [-0.3, -0.25) is 0 Å². The van der Waals surface area contributed by atoms with E-state index in [0.717, 1.165) is 11.3 Å². The maximum absolute atomic E-state index is 9.85. The van der Waals surface area contributed by atoms with Crippen LogP contribution in [0.25, 0.3) is 0 Å². The van der Waals surface area contributed by atoms with Crippen molar-refractivity contribution < 1.29 is 9.84 Å². The molecule has 3 N–H and O–H groups in total. The van der Waals surface area contributed by atoms with Crippen molar-refractivity contribution in [3.05, 3.63) is 29.8 Å². The third-order valence-corrected chi connectivity index (χ3v) is 2.18. The summed E-state index contributed by atoms with van der Waals surface area (Å²) < 4.78 is 5.29. The number of benzene rings is 1. The molecule has 0 aliphatic carbocycles. The zero-order valence-corrected chi connectivity index (χ0v) is 8.66. The second-order valence-electron chi connectivity index (χ2n) is 3.44. The first kappa shape index (κ1) is 11.0. The van der Waals surface area contributed by atoms with Gasteiger partial charge in [0.25, 0.3) is 0 Å². The van der Waals surface area contributed by atoms with Gasteiger partial charge in [0.2, 0.25) is 0 Å². The third-order valence-electron chi connectivity index (χ3n) is 2.18. The van der Waals surface area contributed by atoms with Crippen LogP contribution in [-0.2, 0) is 5.60 Å². The first-order valence-electron chi connectivity index (χ1n) is 4.76. The number of ether oxygens (including phenoxy) is 1. The minimum atomic E-state index is -0.954. The number of nitrogens with two attached hydrogens (primary N) is 1. The highest BCUT2D eigenvalue weighted by Gasteiger charge is 2.20. The largest absolute Gasteiger partial charge is 0.494 e. The van der Waals surface area contributed by atoms with Crippen LogP contribution in [0.3, 0.4) is 0 Å². The van der Waals surface area contributed by atoms with E-state index in [9.17, 15) is 5.11 Å². The van der Waals surface area contributed by atoms with E-state index in [2.05, 4.69) is 0 Å². The lowest BCUT2D eigenvalue weighted by atomic mass is 9.96. The van der Waals surface area contributed by atoms with Crippen LogP contribution >= 0.6 is 0 Å². The predicted octanol–water partition coefficient (Wildman–Crippen LogP) is 1.25. The summed E-state index contributed by atoms with van der Waals surface area (Å²) in [5.41, 5.74) is 5.31. The lowest BCUT2D eigenvalue weighted by Gasteiger charge is -2.21. The molecule has 1 unspecified atom stereocenters. The highest BCUT2D eigenvalue weighted by molar-refractivity contribution is 5.30. The molecule has 0 aromatic heterocycles. The molecule has 3 heteroatoms. The Morgan fingerprint density at radius 1 is 1.36 bits per heavy atom. The van der Waals surface area contributed by atoms with Gasteiger partial charge < -0.3 is 15.6 Å². The van der Waals surface area contributed by atoms with E-state index in [1.165, 1.54) is 0 Å². The maximum atomic E-state index is 9.85. The quantitative estimate of drug-likeness (QED) is 0.760. The number of hydrogen-bond acceptors (Lipinski definition) is 3. The van der Waals surface area contributed by atoms with E-state index < -0.39 is 5.60 Å². The lowest BCUT2D eigenvalue weighted by molar-refractivity contribution is 0.0668. The van der Waals surface area contributed by atoms with Gasteiger partial charge in [0, 0.05) is 6.54 Å². The second-order valence-corrected chi connectivity index (χ2v) is 3.44. The fourth-order valence-corrected chi connectivity index (χ4v) is 1.19. The molecule has 14 heavy (non-hydrogen) atoms. The fraction of sp³-hybridized carbons (Fsp3) is 0.455. The molecule has 0 radical (unpaired) electrons. The summed E-state index contributed by atoms with van der Waals surface area (Å²) in [6.07, 6.45) is 0. The molecule has 0 heterocycles. The molecule has 0 aliphatic rings. The van der Waals surface area contributed by atoms with Crippen molar-refractivity contribution in [1.82, 2.24) is 0 Å². The standard InChI is InChI=1S/C11H17NO2/c1-3-14-10-6-4-9(5-7-10)11(2,13)8-12/h4-7,13H,3,8,12H2,1-2H3. The van der Waals surface area contributed by atoms with Crippen molar-refractivity contribution in [1.29, 1.82) is 0 Å². The first-order chi connectivity index (χ1) is 6.60. The average Bonchev–Trinajstić information content (AvgIpc) is 2.19. The average molecular weight is 195 g/mol. The summed E-state index contributed by atoms with van der Waals surface area (Å²) in [4.78, 5) is 0. The van der Waals surface area contributed by atoms with Gasteiger partial charge in [-0.15, -0.1) is 0 Å². The molecule has 0 fully saturated rings. The van der Waals surface area contributed by atoms with Crippen molar-refractivity contribution in [2.45, 2.75) is 19.4 Å². The molecule has 0 amide bonds. The number of rotatable bonds is 4. The molecule has 1 atom stereocenters. The molecule has 0 saturated heterocycles. The Kier molecular flexibility index (Phi) is 3.49. The third kappa shape index (κ3) is 2.47. The molecule has 1 rings (SSSR count). The highest BCUT2D eigenvalue weighted by atomic mass is 16.5. The Balaban J connectivity index is 2.82. The van der Waals surface area contributed by atoms with Gasteiger partial charge in [-0.1, -0.05) is 12.1 Å². The van der Waals surface area contributed by atoms with Gasteiger partial charge in [0.05, 0.1) is 12.2 Å². The monoisotopic (exact) mass is 195 g/mol. The maximum Gasteiger partial charge on any atom is 0.119 e. The van der Waals surface area contributed by atoms with Crippen LogP contribution in [0.2, 0.25) is 0 Å². The smallest absolute Gasteiger partial charge is 0.119 e. The summed E-state index contributed by atoms with van der Waals surface area (Å²) in [5.74, 6) is 0.809. The number of aliphatic hydroxyl groups is 1. The van der Waals surface area contributed by atoms with Gasteiger partial charge >= 0.3 is 0 Å². The molecule has 0 saturated carbocycles. The van der Waals surface area contributed by atoms with Crippen LogP contribution in [0.15, 0.2) is 24.3 Å². The van der Waals surface area contributed by atoms with Crippen molar-refractivity contribution in [2.24, 2.45) is 5.73 Å². The minimum absolute atomic E-state index is 0.209. The van der Waals surface area contributed by atoms with E-state index in [0.29, 0.717) is 6.61 Å². The summed E-state index contributed by atoms with van der Waals surface area (Å²) >= 11 is 0. The van der Waals surface area contributed by atoms with Crippen LogP contribution in [0.4, 0.5) is 0 Å². The number of hydrogen-bond donors (Lipinski definition) is 2. The summed E-state index contributed by atoms with van der Waals surface area (Å²) in [6, 6.07) is 7.33. The van der Waals surface area contributed by atoms with Crippen LogP contribution in [0, 0.1) is 0 Å². The fourth-order valence-electron chi connectivity index (χ4n) is 1.19. The van der Waals surface area contributed by atoms with Gasteiger partial charge in [-0.2, -0.15) is 0 Å². The Bertz CT molecular complexity index is 280. The zero-order valence-electron chi connectivity index (χ0n) is 8.66. The molecule has 3 nitrogen and oxygen atoms in total. The minimum Gasteiger partial charge on any atom is -0.494 e. The molecule has 0 spiro atoms. The molecule has 0 bridgehead atoms. The second kappa shape index (κ2) is 4.44. The Morgan fingerprint density at radius 2 is 1.93 bits per heavy atom. The van der Waals surface area contributed by atoms with Crippen LogP contribution in [0.5, 0.6) is 5.75 Å². The van der Waals surface area contributed by atoms with Crippen LogP contribution < -0.4 is 10.5 Å². The van der Waals surface area contributed by atoms with E-state index in [1.807, 2.05) is 31.2 Å². The Hall–Kier alpha value is -1.06. The van der Waals surface area contributed by atoms with Crippen LogP contribution in [0.1, 0.15) is 19.4 Å². The molecule has 0 aliphatic heterocycles. The van der Waals surface area contributed by atoms with Crippen molar-refractivity contribution in [2.75, 3.05) is 13.2 Å². The Labute approximate surface area is 84.5 Å². The molecule has 78 valence electrons. The Morgan fingerprint density at radius 3 is 2.36 bits per heavy atom. The topological polar surface area (TPSA) is 55.5 Å². The summed E-state index contributed by atoms with van der Waals surface area (Å²) in [7, 11) is 0. The zero-order chi connectivity index (χ0) is 10.6. The van der Waals surface area contributed by atoms with E-state index in [1.54, 1.807) is 6.92 Å². The SMILES string of the molecule is CCOc1ccc(C(C)(O)CN)cc1. The highest BCUT2D eigenvalue weighted by Crippen LogP contribution is 2.21. The predicted molar refractivity (Wildman–Crippen MR) is 56.2 cm³/mol.